The predicted octanol–water partition coefficient (Wildman–Crippen LogP) is 1.09. The van der Waals surface area contributed by atoms with E-state index in [9.17, 15) is 0 Å². The minimum atomic E-state index is -2.10. The second-order valence-corrected chi connectivity index (χ2v) is 23.4. The van der Waals surface area contributed by atoms with Crippen LogP contribution in [0.4, 0.5) is 0 Å². The highest BCUT2D eigenvalue weighted by Crippen LogP contribution is 2.59. The Morgan fingerprint density at radius 1 is 0.689 bits per heavy atom. The van der Waals surface area contributed by atoms with Crippen molar-refractivity contribution in [3.63, 3.8) is 0 Å². The molecule has 45 heavy (non-hydrogen) atoms. The summed E-state index contributed by atoms with van der Waals surface area (Å²) in [7, 11) is -4.18. The van der Waals surface area contributed by atoms with Gasteiger partial charge in [-0.15, -0.1) is 4.57 Å². The number of nitrogens with zero attached hydrogens (tertiary/aromatic N) is 3. The van der Waals surface area contributed by atoms with E-state index in [4.69, 9.17) is 14.6 Å². The average Bonchev–Trinajstić information content (AvgIpc) is 3.40. The Morgan fingerprint density at radius 3 is 1.84 bits per heavy atom. The van der Waals surface area contributed by atoms with E-state index in [-0.39, 0.29) is 5.92 Å². The first-order chi connectivity index (χ1) is 21.8. The number of nitrogens with one attached hydrogen (secondary N) is 2. The fourth-order valence-electron chi connectivity index (χ4n) is 10.8. The number of ether oxygens (including phenoxy) is 2. The van der Waals surface area contributed by atoms with E-state index in [2.05, 4.69) is 113 Å². The van der Waals surface area contributed by atoms with Crippen LogP contribution >= 0.6 is 0 Å². The van der Waals surface area contributed by atoms with E-state index in [1.807, 2.05) is 6.20 Å². The molecular weight excluding hydrogens is 591 g/mol. The third-order valence-corrected chi connectivity index (χ3v) is 19.5. The van der Waals surface area contributed by atoms with Gasteiger partial charge in [0.2, 0.25) is 6.20 Å². The lowest BCUT2D eigenvalue weighted by atomic mass is 9.73. The maximum Gasteiger partial charge on any atom is 0.459 e. The number of rotatable bonds is 0. The van der Waals surface area contributed by atoms with Gasteiger partial charge < -0.3 is 9.47 Å². The van der Waals surface area contributed by atoms with Crippen LogP contribution in [-0.2, 0) is 11.3 Å². The minimum Gasteiger partial charge on any atom is -0.477 e. The first-order valence-corrected chi connectivity index (χ1v) is 22.1. The lowest BCUT2D eigenvalue weighted by Gasteiger charge is -2.50. The number of hydrogen-bond donors (Lipinski definition) is 2. The smallest absolute Gasteiger partial charge is 0.459 e. The third kappa shape index (κ3) is 2.18. The molecule has 1 aromatic heterocycles. The van der Waals surface area contributed by atoms with Gasteiger partial charge in [-0.3, -0.25) is 0 Å². The molecule has 3 unspecified atom stereocenters. The summed E-state index contributed by atoms with van der Waals surface area (Å²) >= 11 is 0. The zero-order valence-corrected chi connectivity index (χ0v) is 27.6. The van der Waals surface area contributed by atoms with Crippen LogP contribution < -0.4 is 50.1 Å². The van der Waals surface area contributed by atoms with Crippen molar-refractivity contribution in [2.24, 2.45) is 0 Å². The normalized spacial score (nSPS) is 27.4. The maximum atomic E-state index is 6.41. The molecule has 4 aromatic carbocycles. The van der Waals surface area contributed by atoms with Crippen LogP contribution in [0.15, 0.2) is 73.1 Å². The molecule has 0 bridgehead atoms. The van der Waals surface area contributed by atoms with Gasteiger partial charge >= 0.3 is 11.5 Å². The van der Waals surface area contributed by atoms with Crippen LogP contribution in [0.1, 0.15) is 45.1 Å². The summed E-state index contributed by atoms with van der Waals surface area (Å²) in [6.45, 7) is 10.9. The van der Waals surface area contributed by atoms with E-state index in [1.165, 1.54) is 71.1 Å². The van der Waals surface area contributed by atoms with Crippen molar-refractivity contribution in [3.8, 4) is 22.6 Å². The number of benzene rings is 4. The summed E-state index contributed by atoms with van der Waals surface area (Å²) in [5, 5.41) is 19.2. The predicted molar refractivity (Wildman–Crippen MR) is 173 cm³/mol. The Balaban J connectivity index is 1.34. The van der Waals surface area contributed by atoms with Gasteiger partial charge in [-0.1, -0.05) is 74.7 Å². The van der Waals surface area contributed by atoms with Crippen molar-refractivity contribution in [1.29, 1.82) is 0 Å². The molecule has 7 aliphatic rings. The molecule has 6 aliphatic heterocycles. The molecule has 0 fully saturated rings. The second-order valence-electron chi connectivity index (χ2n) is 14.7. The number of fused-ring (bicyclic) bond motifs is 1. The van der Waals surface area contributed by atoms with Gasteiger partial charge in [-0.05, 0) is 55.1 Å². The van der Waals surface area contributed by atoms with Crippen LogP contribution in [0, 0.1) is 0 Å². The molecule has 1 aliphatic carbocycles. The van der Waals surface area contributed by atoms with Gasteiger partial charge in [0, 0.05) is 15.3 Å². The van der Waals surface area contributed by atoms with Crippen molar-refractivity contribution < 1.29 is 18.7 Å². The highest BCUT2D eigenvalue weighted by Gasteiger charge is 2.73. The molecule has 2 N–H and O–H groups in total. The summed E-state index contributed by atoms with van der Waals surface area (Å²) in [5.41, 5.74) is 9.81. The third-order valence-electron chi connectivity index (χ3n) is 12.5. The van der Waals surface area contributed by atoms with Crippen LogP contribution in [0.5, 0.6) is 11.5 Å². The van der Waals surface area contributed by atoms with E-state index in [0.717, 1.165) is 11.5 Å². The monoisotopic (exact) mass is 621 g/mol. The van der Waals surface area contributed by atoms with Gasteiger partial charge in [0.15, 0.2) is 12.1 Å². The lowest BCUT2D eigenvalue weighted by Crippen LogP contribution is -2.86. The van der Waals surface area contributed by atoms with Crippen molar-refractivity contribution in [3.05, 3.63) is 112 Å². The zero-order chi connectivity index (χ0) is 29.8. The van der Waals surface area contributed by atoms with Crippen molar-refractivity contribution in [2.75, 3.05) is 13.5 Å². The first kappa shape index (κ1) is 24.1. The highest BCUT2D eigenvalue weighted by molar-refractivity contribution is 7.02. The minimum absolute atomic E-state index is 0.0937. The molecule has 218 valence electrons. The molecule has 12 rings (SSSR count). The zero-order valence-electron chi connectivity index (χ0n) is 25.6. The SMILES string of the molecule is C[Si]1(C)c2cccc3c2C2(NCO3)c3c1ccc1c3C3c4c-1ccc1c4C4(NCOc5cccc(c54)[Si]1(C)C)[n+]1ncc[n+]2c13. The Hall–Kier alpha value is -4.16. The van der Waals surface area contributed by atoms with Gasteiger partial charge in [-0.2, -0.15) is 0 Å². The van der Waals surface area contributed by atoms with Gasteiger partial charge in [0.05, 0.1) is 16.7 Å². The number of aromatic nitrogens is 3. The van der Waals surface area contributed by atoms with Crippen molar-refractivity contribution in [2.45, 2.75) is 43.4 Å². The van der Waals surface area contributed by atoms with Crippen LogP contribution in [0.25, 0.3) is 11.1 Å². The molecule has 2 spiro atoms. The summed E-state index contributed by atoms with van der Waals surface area (Å²) in [5.74, 6) is 3.27. The van der Waals surface area contributed by atoms with Crippen molar-refractivity contribution >= 4 is 36.9 Å². The molecular formula is C36H31N5O2Si2+2. The molecule has 0 radical (unpaired) electrons. The molecule has 3 atom stereocenters. The lowest BCUT2D eigenvalue weighted by molar-refractivity contribution is -0.914. The van der Waals surface area contributed by atoms with Gasteiger partial charge in [-0.25, -0.2) is 10.6 Å². The Morgan fingerprint density at radius 2 is 1.22 bits per heavy atom. The highest BCUT2D eigenvalue weighted by atomic mass is 28.3. The van der Waals surface area contributed by atoms with Crippen LogP contribution in [-0.4, -0.2) is 34.7 Å². The molecule has 5 aromatic rings. The van der Waals surface area contributed by atoms with Gasteiger partial charge in [0.25, 0.3) is 5.66 Å². The van der Waals surface area contributed by atoms with E-state index in [1.54, 1.807) is 0 Å². The Kier molecular flexibility index (Phi) is 3.74. The summed E-state index contributed by atoms with van der Waals surface area (Å²) < 4.78 is 17.7. The molecule has 0 amide bonds. The fourth-order valence-corrected chi connectivity index (χ4v) is 17.1. The van der Waals surface area contributed by atoms with E-state index < -0.39 is 27.5 Å². The van der Waals surface area contributed by atoms with E-state index >= 15 is 0 Å². The molecule has 0 saturated carbocycles. The summed E-state index contributed by atoms with van der Waals surface area (Å²) in [6, 6.07) is 23.3. The first-order valence-electron chi connectivity index (χ1n) is 16.1. The summed E-state index contributed by atoms with van der Waals surface area (Å²) in [6.07, 6.45) is 4.24. The largest absolute Gasteiger partial charge is 0.477 e. The van der Waals surface area contributed by atoms with Crippen LogP contribution in [0.3, 0.4) is 0 Å². The Labute approximate surface area is 262 Å². The van der Waals surface area contributed by atoms with Crippen LogP contribution in [0.2, 0.25) is 26.2 Å². The average molecular weight is 622 g/mol. The maximum absolute atomic E-state index is 6.41. The quantitative estimate of drug-likeness (QED) is 0.197. The second kappa shape index (κ2) is 6.97. The van der Waals surface area contributed by atoms with Crippen molar-refractivity contribution in [1.82, 2.24) is 15.7 Å². The topological polar surface area (TPSA) is 63.2 Å². The summed E-state index contributed by atoms with van der Waals surface area (Å²) in [4.78, 5) is 0. The molecule has 0 saturated heterocycles. The number of hydrogen-bond acceptors (Lipinski definition) is 5. The Bertz CT molecular complexity index is 2180. The molecule has 7 heterocycles. The standard InChI is InChI=1S/C36H31N5O2Si2/c1-44(2)23-9-5-7-21-30(23)35(37-17-42-21)32-25(44)13-11-19-20-12-14-26-33-28(20)29(27(19)32)34-40(35)16-15-39-41(34)36(33)31-22(43-18-38-36)8-6-10-24(31)45(26,3)4/h5-16,29,37-38H,17-18H2,1-4H3/q+2. The van der Waals surface area contributed by atoms with E-state index in [0.29, 0.717) is 13.5 Å². The van der Waals surface area contributed by atoms with Gasteiger partial charge in [0.1, 0.15) is 41.1 Å². The fraction of sp³-hybridized carbons (Fsp3) is 0.250. The molecule has 9 heteroatoms. The molecule has 7 nitrogen and oxygen atoms in total.